The van der Waals surface area contributed by atoms with Crippen molar-refractivity contribution in [1.29, 1.82) is 0 Å². The van der Waals surface area contributed by atoms with Gasteiger partial charge in [0.2, 0.25) is 0 Å². The highest BCUT2D eigenvalue weighted by molar-refractivity contribution is 6.33. The monoisotopic (exact) mass is 229 g/mol. The Morgan fingerprint density at radius 2 is 2.07 bits per heavy atom. The van der Waals surface area contributed by atoms with E-state index >= 15 is 0 Å². The molecule has 14 heavy (non-hydrogen) atoms. The first-order valence-electron chi connectivity index (χ1n) is 4.80. The summed E-state index contributed by atoms with van der Waals surface area (Å²) in [7, 11) is 0. The second-order valence-corrected chi connectivity index (χ2v) is 4.87. The van der Waals surface area contributed by atoms with Crippen molar-refractivity contribution in [3.05, 3.63) is 33.8 Å². The van der Waals surface area contributed by atoms with Crippen molar-refractivity contribution in [2.24, 2.45) is 11.7 Å². The van der Waals surface area contributed by atoms with Crippen LogP contribution in [0.25, 0.3) is 0 Å². The van der Waals surface area contributed by atoms with Gasteiger partial charge in [0.15, 0.2) is 0 Å². The molecule has 0 aliphatic heterocycles. The van der Waals surface area contributed by atoms with Crippen LogP contribution in [0.1, 0.15) is 24.8 Å². The molecule has 0 radical (unpaired) electrons. The lowest BCUT2D eigenvalue weighted by atomic mass is 9.67. The van der Waals surface area contributed by atoms with Crippen LogP contribution in [0.3, 0.4) is 0 Å². The van der Waals surface area contributed by atoms with Gasteiger partial charge in [-0.1, -0.05) is 30.1 Å². The Morgan fingerprint density at radius 1 is 1.36 bits per heavy atom. The molecule has 2 N–H and O–H groups in total. The normalized spacial score (nSPS) is 31.3. The summed E-state index contributed by atoms with van der Waals surface area (Å²) in [6.07, 6.45) is 1.02. The van der Waals surface area contributed by atoms with Crippen LogP contribution in [0.5, 0.6) is 0 Å². The molecule has 1 fully saturated rings. The molecule has 0 heterocycles. The van der Waals surface area contributed by atoms with Crippen molar-refractivity contribution >= 4 is 23.2 Å². The summed E-state index contributed by atoms with van der Waals surface area (Å²) in [5, 5.41) is 1.55. The third-order valence-electron chi connectivity index (χ3n) is 3.19. The number of nitrogens with two attached hydrogens (primary N) is 1. The van der Waals surface area contributed by atoms with Crippen LogP contribution in [0, 0.1) is 5.92 Å². The highest BCUT2D eigenvalue weighted by Crippen LogP contribution is 2.44. The van der Waals surface area contributed by atoms with Gasteiger partial charge in [-0.05, 0) is 42.0 Å². The SMILES string of the molecule is CC1C(N)CC1c1cc(Cl)ccc1Cl. The highest BCUT2D eigenvalue weighted by Gasteiger charge is 2.36. The molecule has 1 aliphatic rings. The van der Waals surface area contributed by atoms with E-state index in [0.717, 1.165) is 22.0 Å². The summed E-state index contributed by atoms with van der Waals surface area (Å²) in [5.74, 6) is 0.988. The van der Waals surface area contributed by atoms with Gasteiger partial charge in [0.1, 0.15) is 0 Å². The van der Waals surface area contributed by atoms with Crippen LogP contribution < -0.4 is 5.73 Å². The number of benzene rings is 1. The minimum atomic E-state index is 0.315. The van der Waals surface area contributed by atoms with Gasteiger partial charge in [-0.15, -0.1) is 0 Å². The first-order valence-corrected chi connectivity index (χ1v) is 5.55. The maximum atomic E-state index is 6.12. The Kier molecular flexibility index (Phi) is 2.74. The van der Waals surface area contributed by atoms with Gasteiger partial charge in [0.25, 0.3) is 0 Å². The lowest BCUT2D eigenvalue weighted by Gasteiger charge is -2.41. The second-order valence-electron chi connectivity index (χ2n) is 4.03. The molecule has 0 aromatic heterocycles. The Hall–Kier alpha value is -0.240. The first kappa shape index (κ1) is 10.3. The topological polar surface area (TPSA) is 26.0 Å². The zero-order valence-corrected chi connectivity index (χ0v) is 9.52. The summed E-state index contributed by atoms with van der Waals surface area (Å²) >= 11 is 12.1. The van der Waals surface area contributed by atoms with Crippen LogP contribution in [-0.4, -0.2) is 6.04 Å². The minimum Gasteiger partial charge on any atom is -0.327 e. The van der Waals surface area contributed by atoms with E-state index < -0.39 is 0 Å². The number of rotatable bonds is 1. The van der Waals surface area contributed by atoms with Gasteiger partial charge < -0.3 is 5.73 Å². The van der Waals surface area contributed by atoms with Gasteiger partial charge in [-0.25, -0.2) is 0 Å². The Balaban J connectivity index is 2.28. The van der Waals surface area contributed by atoms with Crippen LogP contribution in [0.4, 0.5) is 0 Å². The van der Waals surface area contributed by atoms with E-state index in [1.807, 2.05) is 18.2 Å². The molecule has 1 nitrogen and oxygen atoms in total. The van der Waals surface area contributed by atoms with Gasteiger partial charge in [0.05, 0.1) is 0 Å². The van der Waals surface area contributed by atoms with Crippen LogP contribution >= 0.6 is 23.2 Å². The molecule has 76 valence electrons. The number of hydrogen-bond acceptors (Lipinski definition) is 1. The van der Waals surface area contributed by atoms with Crippen molar-refractivity contribution in [1.82, 2.24) is 0 Å². The molecule has 1 aliphatic carbocycles. The van der Waals surface area contributed by atoms with Crippen LogP contribution in [0.2, 0.25) is 10.0 Å². The average Bonchev–Trinajstić information content (AvgIpc) is 2.18. The molecular formula is C11H13Cl2N. The molecule has 3 atom stereocenters. The molecule has 0 bridgehead atoms. The maximum absolute atomic E-state index is 6.12. The van der Waals surface area contributed by atoms with E-state index in [0.29, 0.717) is 17.9 Å². The van der Waals surface area contributed by atoms with E-state index in [9.17, 15) is 0 Å². The maximum Gasteiger partial charge on any atom is 0.0441 e. The summed E-state index contributed by atoms with van der Waals surface area (Å²) in [6, 6.07) is 5.94. The van der Waals surface area contributed by atoms with Gasteiger partial charge in [0, 0.05) is 16.1 Å². The van der Waals surface area contributed by atoms with Crippen molar-refractivity contribution in [2.45, 2.75) is 25.3 Å². The van der Waals surface area contributed by atoms with E-state index in [1.54, 1.807) is 0 Å². The summed E-state index contributed by atoms with van der Waals surface area (Å²) < 4.78 is 0. The average molecular weight is 230 g/mol. The molecule has 3 heteroatoms. The predicted octanol–water partition coefficient (Wildman–Crippen LogP) is 3.44. The zero-order valence-electron chi connectivity index (χ0n) is 8.00. The molecule has 1 aromatic carbocycles. The Morgan fingerprint density at radius 3 is 2.64 bits per heavy atom. The molecule has 0 spiro atoms. The molecule has 1 aromatic rings. The van der Waals surface area contributed by atoms with E-state index in [4.69, 9.17) is 28.9 Å². The fourth-order valence-electron chi connectivity index (χ4n) is 2.03. The smallest absolute Gasteiger partial charge is 0.0441 e. The molecule has 1 saturated carbocycles. The first-order chi connectivity index (χ1) is 6.59. The van der Waals surface area contributed by atoms with Gasteiger partial charge >= 0.3 is 0 Å². The Bertz CT molecular complexity index is 351. The van der Waals surface area contributed by atoms with Crippen molar-refractivity contribution in [2.75, 3.05) is 0 Å². The second kappa shape index (κ2) is 3.73. The van der Waals surface area contributed by atoms with E-state index in [1.165, 1.54) is 0 Å². The Labute approximate surface area is 94.2 Å². The molecule has 0 amide bonds. The fourth-order valence-corrected chi connectivity index (χ4v) is 2.47. The van der Waals surface area contributed by atoms with Crippen molar-refractivity contribution in [3.8, 4) is 0 Å². The number of hydrogen-bond donors (Lipinski definition) is 1. The largest absolute Gasteiger partial charge is 0.327 e. The highest BCUT2D eigenvalue weighted by atomic mass is 35.5. The molecular weight excluding hydrogens is 217 g/mol. The van der Waals surface area contributed by atoms with Gasteiger partial charge in [-0.3, -0.25) is 0 Å². The third kappa shape index (κ3) is 1.65. The predicted molar refractivity (Wildman–Crippen MR) is 61.0 cm³/mol. The fraction of sp³-hybridized carbons (Fsp3) is 0.455. The standard InChI is InChI=1S/C11H13Cl2N/c1-6-8(5-11(6)14)9-4-7(12)2-3-10(9)13/h2-4,6,8,11H,5,14H2,1H3. The van der Waals surface area contributed by atoms with E-state index in [2.05, 4.69) is 6.92 Å². The summed E-state index contributed by atoms with van der Waals surface area (Å²) in [5.41, 5.74) is 7.01. The summed E-state index contributed by atoms with van der Waals surface area (Å²) in [6.45, 7) is 2.16. The molecule has 2 rings (SSSR count). The van der Waals surface area contributed by atoms with Crippen molar-refractivity contribution in [3.63, 3.8) is 0 Å². The summed E-state index contributed by atoms with van der Waals surface area (Å²) in [4.78, 5) is 0. The lowest BCUT2D eigenvalue weighted by molar-refractivity contribution is 0.227. The van der Waals surface area contributed by atoms with Gasteiger partial charge in [-0.2, -0.15) is 0 Å². The zero-order chi connectivity index (χ0) is 10.3. The lowest BCUT2D eigenvalue weighted by Crippen LogP contribution is -2.44. The van der Waals surface area contributed by atoms with Crippen LogP contribution in [-0.2, 0) is 0 Å². The molecule has 3 unspecified atom stereocenters. The van der Waals surface area contributed by atoms with Crippen molar-refractivity contribution < 1.29 is 0 Å². The van der Waals surface area contributed by atoms with Crippen LogP contribution in [0.15, 0.2) is 18.2 Å². The quantitative estimate of drug-likeness (QED) is 0.785. The minimum absolute atomic E-state index is 0.315. The molecule has 0 saturated heterocycles. The van der Waals surface area contributed by atoms with E-state index in [-0.39, 0.29) is 0 Å². The number of halogens is 2. The third-order valence-corrected chi connectivity index (χ3v) is 3.77.